The molecular formula is C15H23ClN2O3. The molecule has 5 nitrogen and oxygen atoms in total. The van der Waals surface area contributed by atoms with Crippen LogP contribution in [-0.4, -0.2) is 55.3 Å². The number of likely N-dealkylation sites (N-methyl/N-ethyl adjacent to an activating group) is 1. The summed E-state index contributed by atoms with van der Waals surface area (Å²) in [5.74, 6) is 0.629. The summed E-state index contributed by atoms with van der Waals surface area (Å²) in [6.45, 7) is 4.09. The second-order valence-electron chi connectivity index (χ2n) is 5.24. The highest BCUT2D eigenvalue weighted by molar-refractivity contribution is 6.31. The van der Waals surface area contributed by atoms with Crippen molar-refractivity contribution in [3.05, 3.63) is 28.8 Å². The van der Waals surface area contributed by atoms with Crippen LogP contribution in [0.5, 0.6) is 5.75 Å². The summed E-state index contributed by atoms with van der Waals surface area (Å²) in [7, 11) is 3.39. The van der Waals surface area contributed by atoms with E-state index in [1.165, 1.54) is 4.90 Å². The number of rotatable bonds is 7. The second-order valence-corrected chi connectivity index (χ2v) is 5.65. The van der Waals surface area contributed by atoms with Gasteiger partial charge in [-0.2, -0.15) is 0 Å². The van der Waals surface area contributed by atoms with Gasteiger partial charge in [-0.1, -0.05) is 11.6 Å². The maximum atomic E-state index is 11.6. The molecule has 0 aliphatic heterocycles. The van der Waals surface area contributed by atoms with Crippen LogP contribution >= 0.6 is 11.6 Å². The molecule has 2 unspecified atom stereocenters. The molecule has 0 heterocycles. The van der Waals surface area contributed by atoms with E-state index in [-0.39, 0.29) is 25.1 Å². The molecule has 2 N–H and O–H groups in total. The lowest BCUT2D eigenvalue weighted by atomic mass is 10.2. The smallest absolute Gasteiger partial charge is 0.238 e. The molecule has 0 aliphatic carbocycles. The number of amides is 1. The largest absolute Gasteiger partial charge is 0.491 e. The van der Waals surface area contributed by atoms with E-state index in [1.807, 2.05) is 13.0 Å². The highest BCUT2D eigenvalue weighted by Gasteiger charge is 2.15. The standard InChI is InChI=1S/C15H23ClN2O3/c1-10-7-13(5-6-14(10)16)21-9-12(19)8-17-11(2)15(20)18(3)4/h5-7,11-12,17,19H,8-9H2,1-4H3. The summed E-state index contributed by atoms with van der Waals surface area (Å²) < 4.78 is 5.50. The van der Waals surface area contributed by atoms with E-state index in [0.717, 1.165) is 5.56 Å². The second kappa shape index (κ2) is 8.22. The number of nitrogens with zero attached hydrogens (tertiary/aromatic N) is 1. The van der Waals surface area contributed by atoms with Crippen LogP contribution in [0.4, 0.5) is 0 Å². The van der Waals surface area contributed by atoms with Crippen molar-refractivity contribution in [1.82, 2.24) is 10.2 Å². The number of carbonyl (C=O) groups is 1. The van der Waals surface area contributed by atoms with Crippen molar-refractivity contribution in [3.63, 3.8) is 0 Å². The maximum absolute atomic E-state index is 11.6. The lowest BCUT2D eigenvalue weighted by Gasteiger charge is -2.20. The first-order chi connectivity index (χ1) is 9.81. The topological polar surface area (TPSA) is 61.8 Å². The monoisotopic (exact) mass is 314 g/mol. The van der Waals surface area contributed by atoms with Gasteiger partial charge in [0.05, 0.1) is 6.04 Å². The minimum atomic E-state index is -0.696. The van der Waals surface area contributed by atoms with Crippen molar-refractivity contribution in [1.29, 1.82) is 0 Å². The molecule has 1 rings (SSSR count). The molecule has 1 aromatic carbocycles. The third-order valence-electron chi connectivity index (χ3n) is 3.04. The molecule has 0 saturated carbocycles. The number of nitrogens with one attached hydrogen (secondary N) is 1. The van der Waals surface area contributed by atoms with Crippen LogP contribution in [0.1, 0.15) is 12.5 Å². The molecule has 0 aliphatic rings. The number of halogens is 1. The third-order valence-corrected chi connectivity index (χ3v) is 3.47. The molecule has 1 amide bonds. The normalized spacial score (nSPS) is 13.6. The molecule has 1 aromatic rings. The number of aryl methyl sites for hydroxylation is 1. The van der Waals surface area contributed by atoms with E-state index in [2.05, 4.69) is 5.32 Å². The Hall–Kier alpha value is -1.30. The number of hydrogen-bond donors (Lipinski definition) is 2. The van der Waals surface area contributed by atoms with Crippen LogP contribution in [0.15, 0.2) is 18.2 Å². The fourth-order valence-corrected chi connectivity index (χ4v) is 1.86. The Morgan fingerprint density at radius 3 is 2.71 bits per heavy atom. The van der Waals surface area contributed by atoms with Gasteiger partial charge in [-0.15, -0.1) is 0 Å². The predicted octanol–water partition coefficient (Wildman–Crippen LogP) is 1.45. The summed E-state index contributed by atoms with van der Waals surface area (Å²) in [6, 6.07) is 5.00. The van der Waals surface area contributed by atoms with Gasteiger partial charge in [-0.3, -0.25) is 4.79 Å². The first-order valence-corrected chi connectivity index (χ1v) is 7.20. The zero-order chi connectivity index (χ0) is 16.0. The van der Waals surface area contributed by atoms with Gasteiger partial charge in [0.25, 0.3) is 0 Å². The van der Waals surface area contributed by atoms with E-state index >= 15 is 0 Å². The maximum Gasteiger partial charge on any atom is 0.238 e. The van der Waals surface area contributed by atoms with E-state index in [1.54, 1.807) is 33.2 Å². The zero-order valence-electron chi connectivity index (χ0n) is 12.9. The van der Waals surface area contributed by atoms with Crippen molar-refractivity contribution in [2.45, 2.75) is 26.0 Å². The Morgan fingerprint density at radius 1 is 1.48 bits per heavy atom. The van der Waals surface area contributed by atoms with Crippen molar-refractivity contribution < 1.29 is 14.6 Å². The molecular weight excluding hydrogens is 292 g/mol. The Kier molecular flexibility index (Phi) is 6.95. The van der Waals surface area contributed by atoms with E-state index in [9.17, 15) is 9.90 Å². The van der Waals surface area contributed by atoms with Gasteiger partial charge in [0, 0.05) is 25.7 Å². The van der Waals surface area contributed by atoms with Crippen LogP contribution in [0.25, 0.3) is 0 Å². The lowest BCUT2D eigenvalue weighted by Crippen LogP contribution is -2.45. The van der Waals surface area contributed by atoms with Gasteiger partial charge in [0.2, 0.25) is 5.91 Å². The highest BCUT2D eigenvalue weighted by atomic mass is 35.5. The number of ether oxygens (including phenoxy) is 1. The molecule has 0 radical (unpaired) electrons. The van der Waals surface area contributed by atoms with Gasteiger partial charge in [-0.05, 0) is 37.6 Å². The van der Waals surface area contributed by atoms with Crippen molar-refractivity contribution in [3.8, 4) is 5.75 Å². The number of carbonyl (C=O) groups excluding carboxylic acids is 1. The summed E-state index contributed by atoms with van der Waals surface area (Å²) in [4.78, 5) is 13.2. The minimum Gasteiger partial charge on any atom is -0.491 e. The first-order valence-electron chi connectivity index (χ1n) is 6.82. The number of benzene rings is 1. The molecule has 6 heteroatoms. The highest BCUT2D eigenvalue weighted by Crippen LogP contribution is 2.21. The zero-order valence-corrected chi connectivity index (χ0v) is 13.6. The van der Waals surface area contributed by atoms with E-state index < -0.39 is 6.10 Å². The SMILES string of the molecule is Cc1cc(OCC(O)CNC(C)C(=O)N(C)C)ccc1Cl. The van der Waals surface area contributed by atoms with Gasteiger partial charge in [0.15, 0.2) is 0 Å². The molecule has 21 heavy (non-hydrogen) atoms. The quantitative estimate of drug-likeness (QED) is 0.800. The molecule has 0 bridgehead atoms. The van der Waals surface area contributed by atoms with Crippen LogP contribution in [0, 0.1) is 6.92 Å². The molecule has 118 valence electrons. The fraction of sp³-hybridized carbons (Fsp3) is 0.533. The first kappa shape index (κ1) is 17.8. The molecule has 0 aromatic heterocycles. The van der Waals surface area contributed by atoms with Crippen molar-refractivity contribution in [2.24, 2.45) is 0 Å². The van der Waals surface area contributed by atoms with E-state index in [0.29, 0.717) is 10.8 Å². The average Bonchev–Trinajstić information content (AvgIpc) is 2.44. The van der Waals surface area contributed by atoms with Gasteiger partial charge in [0.1, 0.15) is 18.5 Å². The Bertz CT molecular complexity index is 480. The van der Waals surface area contributed by atoms with Crippen molar-refractivity contribution >= 4 is 17.5 Å². The minimum absolute atomic E-state index is 0.0311. The summed E-state index contributed by atoms with van der Waals surface area (Å²) in [5.41, 5.74) is 0.923. The third kappa shape index (κ3) is 5.91. The number of hydrogen-bond acceptors (Lipinski definition) is 4. The van der Waals surface area contributed by atoms with Crippen LogP contribution < -0.4 is 10.1 Å². The Labute approximate surface area is 130 Å². The lowest BCUT2D eigenvalue weighted by molar-refractivity contribution is -0.130. The van der Waals surface area contributed by atoms with E-state index in [4.69, 9.17) is 16.3 Å². The fourth-order valence-electron chi connectivity index (χ4n) is 1.75. The molecule has 0 spiro atoms. The molecule has 0 fully saturated rings. The molecule has 2 atom stereocenters. The van der Waals surface area contributed by atoms with Gasteiger partial charge < -0.3 is 20.1 Å². The summed E-state index contributed by atoms with van der Waals surface area (Å²) >= 11 is 5.93. The molecule has 0 saturated heterocycles. The average molecular weight is 315 g/mol. The Morgan fingerprint density at radius 2 is 2.14 bits per heavy atom. The predicted molar refractivity (Wildman–Crippen MR) is 83.8 cm³/mol. The summed E-state index contributed by atoms with van der Waals surface area (Å²) in [6.07, 6.45) is -0.696. The summed E-state index contributed by atoms with van der Waals surface area (Å²) in [5, 5.41) is 13.5. The Balaban J connectivity index is 2.35. The number of aliphatic hydroxyl groups excluding tert-OH is 1. The van der Waals surface area contributed by atoms with Crippen LogP contribution in [0.3, 0.4) is 0 Å². The van der Waals surface area contributed by atoms with Crippen LogP contribution in [0.2, 0.25) is 5.02 Å². The van der Waals surface area contributed by atoms with Gasteiger partial charge >= 0.3 is 0 Å². The van der Waals surface area contributed by atoms with Crippen LogP contribution in [-0.2, 0) is 4.79 Å². The number of aliphatic hydroxyl groups is 1. The van der Waals surface area contributed by atoms with Crippen molar-refractivity contribution in [2.75, 3.05) is 27.2 Å². The van der Waals surface area contributed by atoms with Gasteiger partial charge in [-0.25, -0.2) is 0 Å².